The van der Waals surface area contributed by atoms with Crippen molar-refractivity contribution in [3.8, 4) is 5.75 Å². The summed E-state index contributed by atoms with van der Waals surface area (Å²) in [6.07, 6.45) is 2.91. The topological polar surface area (TPSA) is 92.9 Å². The van der Waals surface area contributed by atoms with Gasteiger partial charge in [-0.25, -0.2) is 14.2 Å². The number of ether oxygens (including phenoxy) is 1. The maximum absolute atomic E-state index is 13.8. The lowest BCUT2D eigenvalue weighted by Crippen LogP contribution is -2.15. The molecule has 0 fully saturated rings. The highest BCUT2D eigenvalue weighted by Gasteiger charge is 2.16. The van der Waals surface area contributed by atoms with Gasteiger partial charge in [-0.15, -0.1) is 0 Å². The van der Waals surface area contributed by atoms with E-state index in [4.69, 9.17) is 9.84 Å². The number of hydrogen-bond donors (Lipinski definition) is 2. The molecule has 0 aliphatic rings. The summed E-state index contributed by atoms with van der Waals surface area (Å²) >= 11 is 0. The van der Waals surface area contributed by atoms with Crippen LogP contribution in [-0.2, 0) is 0 Å². The molecule has 0 saturated carbocycles. The first kappa shape index (κ1) is 15.5. The van der Waals surface area contributed by atoms with Crippen LogP contribution >= 0.6 is 0 Å². The van der Waals surface area contributed by atoms with E-state index in [1.807, 2.05) is 0 Å². The largest absolute Gasteiger partial charge is 0.495 e. The molecule has 2 heterocycles. The lowest BCUT2D eigenvalue weighted by molar-refractivity contribution is 0.0696. The van der Waals surface area contributed by atoms with Gasteiger partial charge in [-0.1, -0.05) is 0 Å². The number of nitrogens with zero attached hydrogens (tertiary/aromatic N) is 2. The van der Waals surface area contributed by atoms with Crippen LogP contribution in [0.2, 0.25) is 0 Å². The number of pyridine rings is 1. The standard InChI is InChI=1S/C16H12FN3O4/c1-24-10-3-5-14-18-7-13(20(14)8-10)15(21)19-12-6-9(16(22)23)2-4-11(12)17/h2-8H,1H3,(H,19,21)(H,22,23). The van der Waals surface area contributed by atoms with Gasteiger partial charge in [-0.3, -0.25) is 9.20 Å². The smallest absolute Gasteiger partial charge is 0.335 e. The number of rotatable bonds is 4. The summed E-state index contributed by atoms with van der Waals surface area (Å²) in [4.78, 5) is 27.4. The summed E-state index contributed by atoms with van der Waals surface area (Å²) in [6.45, 7) is 0. The molecule has 0 radical (unpaired) electrons. The second-order valence-corrected chi connectivity index (χ2v) is 4.89. The molecule has 0 spiro atoms. The van der Waals surface area contributed by atoms with Crippen LogP contribution in [0.15, 0.2) is 42.7 Å². The van der Waals surface area contributed by atoms with Crippen LogP contribution in [0.4, 0.5) is 10.1 Å². The summed E-state index contributed by atoms with van der Waals surface area (Å²) < 4.78 is 20.4. The molecule has 0 saturated heterocycles. The Labute approximate surface area is 135 Å². The number of fused-ring (bicyclic) bond motifs is 1. The van der Waals surface area contributed by atoms with Crippen LogP contribution < -0.4 is 10.1 Å². The molecular weight excluding hydrogens is 317 g/mol. The number of benzene rings is 1. The molecule has 2 aromatic heterocycles. The average molecular weight is 329 g/mol. The number of methoxy groups -OCH3 is 1. The Hall–Kier alpha value is -3.42. The number of carboxylic acids is 1. The van der Waals surface area contributed by atoms with Gasteiger partial charge >= 0.3 is 5.97 Å². The maximum atomic E-state index is 13.8. The monoisotopic (exact) mass is 329 g/mol. The molecule has 0 aliphatic heterocycles. The number of carbonyl (C=O) groups excluding carboxylic acids is 1. The van der Waals surface area contributed by atoms with Crippen molar-refractivity contribution in [2.24, 2.45) is 0 Å². The number of aromatic carboxylic acids is 1. The number of imidazole rings is 1. The van der Waals surface area contributed by atoms with Crippen molar-refractivity contribution in [1.29, 1.82) is 0 Å². The number of nitrogens with one attached hydrogen (secondary N) is 1. The summed E-state index contributed by atoms with van der Waals surface area (Å²) in [5.74, 6) is -2.06. The van der Waals surface area contributed by atoms with E-state index < -0.39 is 17.7 Å². The highest BCUT2D eigenvalue weighted by Crippen LogP contribution is 2.19. The van der Waals surface area contributed by atoms with E-state index in [0.29, 0.717) is 11.4 Å². The third-order valence-corrected chi connectivity index (χ3v) is 3.41. The quantitative estimate of drug-likeness (QED) is 0.767. The van der Waals surface area contributed by atoms with Crippen LogP contribution in [-0.4, -0.2) is 33.5 Å². The maximum Gasteiger partial charge on any atom is 0.335 e. The van der Waals surface area contributed by atoms with E-state index in [9.17, 15) is 14.0 Å². The van der Waals surface area contributed by atoms with Crippen molar-refractivity contribution >= 4 is 23.2 Å². The first-order chi connectivity index (χ1) is 11.5. The minimum Gasteiger partial charge on any atom is -0.495 e. The summed E-state index contributed by atoms with van der Waals surface area (Å²) in [6, 6.07) is 6.52. The van der Waals surface area contributed by atoms with E-state index in [1.54, 1.807) is 18.3 Å². The number of aromatic nitrogens is 2. The molecule has 0 atom stereocenters. The highest BCUT2D eigenvalue weighted by molar-refractivity contribution is 6.04. The first-order valence-electron chi connectivity index (χ1n) is 6.85. The van der Waals surface area contributed by atoms with Crippen molar-refractivity contribution in [2.45, 2.75) is 0 Å². The lowest BCUT2D eigenvalue weighted by Gasteiger charge is -2.08. The predicted molar refractivity (Wildman–Crippen MR) is 83.1 cm³/mol. The van der Waals surface area contributed by atoms with Crippen LogP contribution in [0.1, 0.15) is 20.8 Å². The van der Waals surface area contributed by atoms with Crippen LogP contribution in [0.3, 0.4) is 0 Å². The van der Waals surface area contributed by atoms with Gasteiger partial charge in [0.05, 0.1) is 30.8 Å². The van der Waals surface area contributed by atoms with Crippen molar-refractivity contribution in [3.63, 3.8) is 0 Å². The molecule has 7 nitrogen and oxygen atoms in total. The molecule has 122 valence electrons. The molecule has 3 aromatic rings. The minimum atomic E-state index is -1.22. The fourth-order valence-corrected chi connectivity index (χ4v) is 2.19. The SMILES string of the molecule is COc1ccc2ncc(C(=O)Nc3cc(C(=O)O)ccc3F)n2c1. The number of anilines is 1. The Kier molecular flexibility index (Phi) is 3.87. The molecule has 0 unspecified atom stereocenters. The van der Waals surface area contributed by atoms with Gasteiger partial charge in [0.1, 0.15) is 22.9 Å². The molecule has 1 aromatic carbocycles. The Morgan fingerprint density at radius 1 is 1.29 bits per heavy atom. The fourth-order valence-electron chi connectivity index (χ4n) is 2.19. The fraction of sp³-hybridized carbons (Fsp3) is 0.0625. The number of amides is 1. The van der Waals surface area contributed by atoms with E-state index in [0.717, 1.165) is 18.2 Å². The molecular formula is C16H12FN3O4. The molecule has 2 N–H and O–H groups in total. The van der Waals surface area contributed by atoms with Gasteiger partial charge in [-0.05, 0) is 30.3 Å². The third-order valence-electron chi connectivity index (χ3n) is 3.41. The average Bonchev–Trinajstić information content (AvgIpc) is 2.99. The normalized spacial score (nSPS) is 10.6. The van der Waals surface area contributed by atoms with Gasteiger partial charge in [0.25, 0.3) is 5.91 Å². The molecule has 0 aliphatic carbocycles. The van der Waals surface area contributed by atoms with Crippen molar-refractivity contribution < 1.29 is 23.8 Å². The summed E-state index contributed by atoms with van der Waals surface area (Å²) in [5.41, 5.74) is 0.314. The Morgan fingerprint density at radius 3 is 2.79 bits per heavy atom. The molecule has 1 amide bonds. The second-order valence-electron chi connectivity index (χ2n) is 4.89. The van der Waals surface area contributed by atoms with Gasteiger partial charge in [0.15, 0.2) is 0 Å². The molecule has 3 rings (SSSR count). The van der Waals surface area contributed by atoms with Gasteiger partial charge < -0.3 is 15.2 Å². The van der Waals surface area contributed by atoms with Gasteiger partial charge in [0, 0.05) is 0 Å². The van der Waals surface area contributed by atoms with Crippen molar-refractivity contribution in [2.75, 3.05) is 12.4 Å². The van der Waals surface area contributed by atoms with Crippen LogP contribution in [0, 0.1) is 5.82 Å². The minimum absolute atomic E-state index is 0.133. The molecule has 8 heteroatoms. The zero-order valence-electron chi connectivity index (χ0n) is 12.5. The van der Waals surface area contributed by atoms with Gasteiger partial charge in [-0.2, -0.15) is 0 Å². The van der Waals surface area contributed by atoms with Crippen LogP contribution in [0.25, 0.3) is 5.65 Å². The zero-order valence-corrected chi connectivity index (χ0v) is 12.5. The second kappa shape index (κ2) is 5.99. The van der Waals surface area contributed by atoms with Crippen molar-refractivity contribution in [3.05, 3.63) is 59.8 Å². The third kappa shape index (κ3) is 2.76. The zero-order chi connectivity index (χ0) is 17.3. The van der Waals surface area contributed by atoms with E-state index in [-0.39, 0.29) is 16.9 Å². The summed E-state index contributed by atoms with van der Waals surface area (Å²) in [7, 11) is 1.49. The highest BCUT2D eigenvalue weighted by atomic mass is 19.1. The van der Waals surface area contributed by atoms with E-state index in [2.05, 4.69) is 10.3 Å². The Bertz CT molecular complexity index is 952. The number of carbonyl (C=O) groups is 2. The number of hydrogen-bond acceptors (Lipinski definition) is 4. The molecule has 24 heavy (non-hydrogen) atoms. The van der Waals surface area contributed by atoms with Gasteiger partial charge in [0.2, 0.25) is 0 Å². The Morgan fingerprint density at radius 2 is 2.08 bits per heavy atom. The first-order valence-corrected chi connectivity index (χ1v) is 6.85. The van der Waals surface area contributed by atoms with Crippen LogP contribution in [0.5, 0.6) is 5.75 Å². The number of carboxylic acid groups (broad SMARTS) is 1. The number of halogens is 1. The predicted octanol–water partition coefficient (Wildman–Crippen LogP) is 2.43. The lowest BCUT2D eigenvalue weighted by atomic mass is 10.2. The van der Waals surface area contributed by atoms with E-state index in [1.165, 1.54) is 17.7 Å². The van der Waals surface area contributed by atoms with E-state index >= 15 is 0 Å². The summed E-state index contributed by atoms with van der Waals surface area (Å²) in [5, 5.41) is 11.3. The van der Waals surface area contributed by atoms with Crippen molar-refractivity contribution in [1.82, 2.24) is 9.38 Å². The Balaban J connectivity index is 1.96. The molecule has 0 bridgehead atoms.